The zero-order chi connectivity index (χ0) is 35.8. The second-order valence-corrected chi connectivity index (χ2v) is 16.3. The lowest BCUT2D eigenvalue weighted by molar-refractivity contribution is -0.558. The van der Waals surface area contributed by atoms with E-state index >= 15 is 0 Å². The van der Waals surface area contributed by atoms with Crippen molar-refractivity contribution < 1.29 is 9.37 Å². The highest BCUT2D eigenvalue weighted by atomic mass is 16.1. The summed E-state index contributed by atoms with van der Waals surface area (Å²) < 4.78 is 2.44. The van der Waals surface area contributed by atoms with Crippen molar-refractivity contribution in [2.45, 2.75) is 264 Å². The quantitative estimate of drug-likeness (QED) is 0.0492. The van der Waals surface area contributed by atoms with Crippen LogP contribution in [0.15, 0.2) is 0 Å². The second kappa shape index (κ2) is 39.3. The summed E-state index contributed by atoms with van der Waals surface area (Å²) in [5, 5.41) is 6.83. The van der Waals surface area contributed by atoms with Crippen LogP contribution in [0, 0.1) is 0 Å². The largest absolute Gasteiger partial charge is 0.350 e. The molecule has 0 aliphatic carbocycles. The van der Waals surface area contributed by atoms with Crippen LogP contribution in [0.25, 0.3) is 0 Å². The van der Waals surface area contributed by atoms with Crippen molar-refractivity contribution in [3.63, 3.8) is 0 Å². The summed E-state index contributed by atoms with van der Waals surface area (Å²) in [4.78, 5) is 12.4. The van der Waals surface area contributed by atoms with Crippen molar-refractivity contribution in [1.82, 2.24) is 10.6 Å². The molecule has 1 aliphatic heterocycles. The lowest BCUT2D eigenvalue weighted by atomic mass is 10.0. The fourth-order valence-electron chi connectivity index (χ4n) is 7.90. The van der Waals surface area contributed by atoms with Gasteiger partial charge in [-0.2, -0.15) is 0 Å². The fraction of sp³-hybridized carbons (Fsp3) is 0.957. The van der Waals surface area contributed by atoms with Gasteiger partial charge in [0.15, 0.2) is 12.8 Å². The van der Waals surface area contributed by atoms with Gasteiger partial charge in [0, 0.05) is 12.8 Å². The Labute approximate surface area is 315 Å². The van der Waals surface area contributed by atoms with Gasteiger partial charge in [0.2, 0.25) is 12.1 Å². The van der Waals surface area contributed by atoms with E-state index in [9.17, 15) is 4.79 Å². The highest BCUT2D eigenvalue weighted by Gasteiger charge is 2.24. The highest BCUT2D eigenvalue weighted by Crippen LogP contribution is 2.17. The van der Waals surface area contributed by atoms with Crippen LogP contribution in [0.2, 0.25) is 0 Å². The number of hydrogen-bond acceptors (Lipinski definition) is 2. The van der Waals surface area contributed by atoms with E-state index in [0.717, 1.165) is 26.1 Å². The van der Waals surface area contributed by atoms with Gasteiger partial charge in [-0.3, -0.25) is 4.79 Å². The van der Waals surface area contributed by atoms with Crippen molar-refractivity contribution in [3.05, 3.63) is 0 Å². The predicted octanol–water partition coefficient (Wildman–Crippen LogP) is 14.0. The van der Waals surface area contributed by atoms with Crippen LogP contribution in [-0.4, -0.2) is 42.5 Å². The van der Waals surface area contributed by atoms with Gasteiger partial charge in [-0.05, 0) is 12.8 Å². The number of carbonyl (C=O) groups is 1. The molecule has 1 amide bonds. The number of hydrogen-bond donors (Lipinski definition) is 2. The number of rotatable bonds is 41. The minimum atomic E-state index is 0.244. The van der Waals surface area contributed by atoms with Gasteiger partial charge in [0.25, 0.3) is 0 Å². The van der Waals surface area contributed by atoms with Crippen LogP contribution in [0.1, 0.15) is 258 Å². The van der Waals surface area contributed by atoms with Crippen LogP contribution in [0.5, 0.6) is 0 Å². The maximum Gasteiger partial charge on any atom is 0.220 e. The van der Waals surface area contributed by atoms with Crippen molar-refractivity contribution >= 4 is 12.1 Å². The van der Waals surface area contributed by atoms with Crippen LogP contribution >= 0.6 is 0 Å². The Morgan fingerprint density at radius 2 is 0.820 bits per heavy atom. The Kier molecular flexibility index (Phi) is 37.0. The molecule has 296 valence electrons. The van der Waals surface area contributed by atoms with E-state index in [1.807, 2.05) is 0 Å². The molecule has 0 fully saturated rings. The first-order chi connectivity index (χ1) is 24.8. The molecule has 0 aromatic rings. The molecular formula is C46H92N3O+. The maximum atomic E-state index is 12.4. The molecule has 1 atom stereocenters. The van der Waals surface area contributed by atoms with Gasteiger partial charge in [0.05, 0.1) is 13.1 Å². The van der Waals surface area contributed by atoms with Crippen LogP contribution in [0.4, 0.5) is 0 Å². The minimum absolute atomic E-state index is 0.244. The monoisotopic (exact) mass is 703 g/mol. The molecular weight excluding hydrogens is 611 g/mol. The molecule has 50 heavy (non-hydrogen) atoms. The van der Waals surface area contributed by atoms with E-state index in [1.54, 1.807) is 0 Å². The van der Waals surface area contributed by atoms with E-state index in [4.69, 9.17) is 0 Å². The molecule has 2 N–H and O–H groups in total. The molecule has 1 aliphatic rings. The molecule has 0 aromatic carbocycles. The van der Waals surface area contributed by atoms with Gasteiger partial charge < -0.3 is 5.32 Å². The predicted molar refractivity (Wildman–Crippen MR) is 223 cm³/mol. The summed E-state index contributed by atoms with van der Waals surface area (Å²) in [6.07, 6.45) is 55.4. The SMILES string of the molecule is CCCCCCCCCCCCCCCCCCCCCC1NCC=[N+]1CCNC(=O)CCCCCCCCCCCCCCCCCCC. The van der Waals surface area contributed by atoms with Crippen molar-refractivity contribution in [3.8, 4) is 0 Å². The van der Waals surface area contributed by atoms with Gasteiger partial charge >= 0.3 is 0 Å². The van der Waals surface area contributed by atoms with Crippen molar-refractivity contribution in [1.29, 1.82) is 0 Å². The molecule has 0 saturated carbocycles. The zero-order valence-corrected chi connectivity index (χ0v) is 34.5. The maximum absolute atomic E-state index is 12.4. The Balaban J connectivity index is 1.81. The van der Waals surface area contributed by atoms with Crippen molar-refractivity contribution in [2.24, 2.45) is 0 Å². The molecule has 0 aromatic heterocycles. The van der Waals surface area contributed by atoms with Gasteiger partial charge in [-0.25, -0.2) is 9.89 Å². The molecule has 4 nitrogen and oxygen atoms in total. The molecule has 4 heteroatoms. The summed E-state index contributed by atoms with van der Waals surface area (Å²) >= 11 is 0. The summed E-state index contributed by atoms with van der Waals surface area (Å²) in [5.41, 5.74) is 0. The molecule has 1 heterocycles. The summed E-state index contributed by atoms with van der Waals surface area (Å²) in [7, 11) is 0. The Bertz CT molecular complexity index is 722. The Morgan fingerprint density at radius 3 is 1.18 bits per heavy atom. The Morgan fingerprint density at radius 1 is 0.500 bits per heavy atom. The molecule has 0 radical (unpaired) electrons. The lowest BCUT2D eigenvalue weighted by Gasteiger charge is -2.12. The molecule has 1 unspecified atom stereocenters. The van der Waals surface area contributed by atoms with Gasteiger partial charge in [-0.15, -0.1) is 0 Å². The minimum Gasteiger partial charge on any atom is -0.350 e. The number of amides is 1. The first-order valence-corrected chi connectivity index (χ1v) is 23.4. The third-order valence-corrected chi connectivity index (χ3v) is 11.4. The first-order valence-electron chi connectivity index (χ1n) is 23.4. The summed E-state index contributed by atoms with van der Waals surface area (Å²) in [5.74, 6) is 0.244. The molecule has 0 spiro atoms. The highest BCUT2D eigenvalue weighted by molar-refractivity contribution is 5.75. The summed E-state index contributed by atoms with van der Waals surface area (Å²) in [6, 6.07) is 0. The summed E-state index contributed by atoms with van der Waals surface area (Å²) in [6.45, 7) is 7.27. The smallest absolute Gasteiger partial charge is 0.220 e. The average molecular weight is 703 g/mol. The second-order valence-electron chi connectivity index (χ2n) is 16.3. The number of unbranched alkanes of at least 4 members (excludes halogenated alkanes) is 34. The van der Waals surface area contributed by atoms with Gasteiger partial charge in [0.1, 0.15) is 0 Å². The molecule has 0 saturated heterocycles. The molecule has 1 rings (SSSR count). The van der Waals surface area contributed by atoms with E-state index in [-0.39, 0.29) is 5.91 Å². The van der Waals surface area contributed by atoms with E-state index < -0.39 is 0 Å². The number of carbonyl (C=O) groups excluding carboxylic acids is 1. The van der Waals surface area contributed by atoms with Gasteiger partial charge in [-0.1, -0.05) is 232 Å². The third kappa shape index (κ3) is 33.0. The zero-order valence-electron chi connectivity index (χ0n) is 34.5. The topological polar surface area (TPSA) is 44.1 Å². The number of nitrogens with one attached hydrogen (secondary N) is 2. The van der Waals surface area contributed by atoms with E-state index in [0.29, 0.717) is 12.6 Å². The fourth-order valence-corrected chi connectivity index (χ4v) is 7.90. The van der Waals surface area contributed by atoms with Crippen LogP contribution in [0.3, 0.4) is 0 Å². The average Bonchev–Trinajstić information content (AvgIpc) is 3.57. The van der Waals surface area contributed by atoms with Crippen molar-refractivity contribution in [2.75, 3.05) is 19.6 Å². The third-order valence-electron chi connectivity index (χ3n) is 11.4. The normalized spacial score (nSPS) is 14.4. The number of nitrogens with zero attached hydrogens (tertiary/aromatic N) is 1. The standard InChI is InChI=1S/C46H91N3O/c1-3-5-7-9-11-13-15-17-19-21-22-24-25-27-29-31-33-35-37-39-45-47-41-43-49(45)44-42-48-46(50)40-38-36-34-32-30-28-26-23-20-18-16-14-12-10-8-6-4-2/h43,45,47H,3-42,44H2,1-2H3/p+1. The first kappa shape index (κ1) is 47.1. The Hall–Kier alpha value is -0.900. The van der Waals surface area contributed by atoms with Crippen LogP contribution in [-0.2, 0) is 4.79 Å². The van der Waals surface area contributed by atoms with E-state index in [1.165, 1.54) is 231 Å². The van der Waals surface area contributed by atoms with E-state index in [2.05, 4.69) is 35.3 Å². The van der Waals surface area contributed by atoms with Crippen LogP contribution < -0.4 is 10.6 Å². The molecule has 0 bridgehead atoms. The lowest BCUT2D eigenvalue weighted by Crippen LogP contribution is -2.37.